The molecule has 8 heteroatoms. The fourth-order valence-electron chi connectivity index (χ4n) is 3.38. The van der Waals surface area contributed by atoms with Gasteiger partial charge in [0.1, 0.15) is 5.82 Å². The van der Waals surface area contributed by atoms with Gasteiger partial charge in [-0.05, 0) is 60.8 Å². The van der Waals surface area contributed by atoms with Crippen LogP contribution in [0, 0.1) is 10.1 Å². The molecule has 3 aromatic carbocycles. The molecule has 0 atom stereocenters. The molecule has 0 aliphatic heterocycles. The molecule has 0 aliphatic carbocycles. The third kappa shape index (κ3) is 4.10. The molecule has 0 aliphatic rings. The predicted octanol–water partition coefficient (Wildman–Crippen LogP) is 5.15. The Labute approximate surface area is 189 Å². The molecule has 0 fully saturated rings. The molecule has 0 spiro atoms. The Morgan fingerprint density at radius 2 is 1.78 bits per heavy atom. The van der Waals surface area contributed by atoms with Gasteiger partial charge in [0.05, 0.1) is 27.1 Å². The largest absolute Gasteiger partial charge is 0.383 e. The Bertz CT molecular complexity index is 1410. The van der Waals surface area contributed by atoms with E-state index in [1.54, 1.807) is 71.8 Å². The number of rotatable bonds is 5. The minimum atomic E-state index is -0.431. The van der Waals surface area contributed by atoms with Gasteiger partial charge in [0.15, 0.2) is 0 Å². The Morgan fingerprint density at radius 1 is 1.06 bits per heavy atom. The van der Waals surface area contributed by atoms with Crippen molar-refractivity contribution in [3.8, 4) is 17.1 Å². The summed E-state index contributed by atoms with van der Waals surface area (Å²) in [6.45, 7) is 0. The Kier molecular flexibility index (Phi) is 5.75. The van der Waals surface area contributed by atoms with Crippen LogP contribution < -0.4 is 5.56 Å². The third-order valence-corrected chi connectivity index (χ3v) is 5.15. The first-order chi connectivity index (χ1) is 15.3. The molecule has 0 saturated carbocycles. The molecule has 0 bridgehead atoms. The summed E-state index contributed by atoms with van der Waals surface area (Å²) in [6.07, 6.45) is 3.39. The summed E-state index contributed by atoms with van der Waals surface area (Å²) in [6, 6.07) is 18.7. The average Bonchev–Trinajstić information content (AvgIpc) is 2.78. The first kappa shape index (κ1) is 21.3. The lowest BCUT2D eigenvalue weighted by molar-refractivity contribution is -0.385. The third-order valence-electron chi connectivity index (χ3n) is 4.90. The van der Waals surface area contributed by atoms with Gasteiger partial charge in [0.25, 0.3) is 11.2 Å². The molecule has 7 nitrogen and oxygen atoms in total. The monoisotopic (exact) mass is 446 g/mol. The van der Waals surface area contributed by atoms with Crippen molar-refractivity contribution in [1.29, 1.82) is 0 Å². The number of nitro benzene ring substituents is 1. The normalized spacial score (nSPS) is 11.2. The van der Waals surface area contributed by atoms with E-state index in [-0.39, 0.29) is 11.2 Å². The standard InChI is InChI=1S/C24H19ClN4O3/c1-27(2)14-13-16-15-17(7-12-22(16)29(31)32)23-26-21-6-4-3-5-20(21)24(30)28(23)19-10-8-18(25)9-11-19/h3-15H,1-2H3. The van der Waals surface area contributed by atoms with Crippen LogP contribution in [-0.4, -0.2) is 33.5 Å². The number of fused-ring (bicyclic) bond motifs is 1. The van der Waals surface area contributed by atoms with Crippen molar-refractivity contribution in [2.75, 3.05) is 14.1 Å². The number of nitrogens with zero attached hydrogens (tertiary/aromatic N) is 4. The lowest BCUT2D eigenvalue weighted by Gasteiger charge is -2.14. The van der Waals surface area contributed by atoms with E-state index >= 15 is 0 Å². The smallest absolute Gasteiger partial charge is 0.276 e. The van der Waals surface area contributed by atoms with Crippen molar-refractivity contribution in [3.63, 3.8) is 0 Å². The van der Waals surface area contributed by atoms with Crippen LogP contribution in [-0.2, 0) is 0 Å². The van der Waals surface area contributed by atoms with E-state index in [1.165, 1.54) is 10.6 Å². The topological polar surface area (TPSA) is 81.3 Å². The summed E-state index contributed by atoms with van der Waals surface area (Å²) in [4.78, 5) is 31.1. The van der Waals surface area contributed by atoms with Crippen LogP contribution in [0.5, 0.6) is 0 Å². The number of benzene rings is 3. The van der Waals surface area contributed by atoms with E-state index in [0.717, 1.165) is 0 Å². The Morgan fingerprint density at radius 3 is 2.47 bits per heavy atom. The second-order valence-electron chi connectivity index (χ2n) is 7.38. The first-order valence-corrected chi connectivity index (χ1v) is 10.1. The van der Waals surface area contributed by atoms with Crippen LogP contribution in [0.4, 0.5) is 5.69 Å². The maximum Gasteiger partial charge on any atom is 0.276 e. The van der Waals surface area contributed by atoms with E-state index in [2.05, 4.69) is 0 Å². The number of nitro groups is 1. The van der Waals surface area contributed by atoms with Crippen LogP contribution in [0.15, 0.2) is 77.7 Å². The minimum absolute atomic E-state index is 0.0342. The van der Waals surface area contributed by atoms with E-state index in [9.17, 15) is 14.9 Å². The number of aromatic nitrogens is 2. The summed E-state index contributed by atoms with van der Waals surface area (Å²) < 4.78 is 1.50. The van der Waals surface area contributed by atoms with E-state index in [1.807, 2.05) is 20.2 Å². The van der Waals surface area contributed by atoms with Gasteiger partial charge in [-0.15, -0.1) is 0 Å². The van der Waals surface area contributed by atoms with Crippen LogP contribution in [0.2, 0.25) is 5.02 Å². The highest BCUT2D eigenvalue weighted by Crippen LogP contribution is 2.29. The van der Waals surface area contributed by atoms with Crippen LogP contribution >= 0.6 is 11.6 Å². The number of hydrogen-bond acceptors (Lipinski definition) is 5. The van der Waals surface area contributed by atoms with Crippen molar-refractivity contribution in [1.82, 2.24) is 14.5 Å². The molecule has 0 amide bonds. The van der Waals surface area contributed by atoms with E-state index in [0.29, 0.717) is 38.6 Å². The number of halogens is 1. The van der Waals surface area contributed by atoms with Gasteiger partial charge in [0.2, 0.25) is 0 Å². The molecule has 0 radical (unpaired) electrons. The summed E-state index contributed by atoms with van der Waals surface area (Å²) >= 11 is 6.04. The van der Waals surface area contributed by atoms with Crippen molar-refractivity contribution in [2.24, 2.45) is 0 Å². The maximum atomic E-state index is 13.4. The molecule has 4 rings (SSSR count). The van der Waals surface area contributed by atoms with Crippen LogP contribution in [0.1, 0.15) is 5.56 Å². The highest BCUT2D eigenvalue weighted by atomic mass is 35.5. The predicted molar refractivity (Wildman–Crippen MR) is 127 cm³/mol. The second kappa shape index (κ2) is 8.64. The van der Waals surface area contributed by atoms with Gasteiger partial charge in [-0.1, -0.05) is 23.7 Å². The lowest BCUT2D eigenvalue weighted by atomic mass is 10.1. The number of hydrogen-bond donors (Lipinski definition) is 0. The maximum absolute atomic E-state index is 13.4. The van der Waals surface area contributed by atoms with Gasteiger partial charge in [-0.2, -0.15) is 0 Å². The molecule has 1 heterocycles. The van der Waals surface area contributed by atoms with Crippen molar-refractivity contribution in [2.45, 2.75) is 0 Å². The fourth-order valence-corrected chi connectivity index (χ4v) is 3.50. The highest BCUT2D eigenvalue weighted by Gasteiger charge is 2.18. The van der Waals surface area contributed by atoms with E-state index < -0.39 is 4.92 Å². The zero-order valence-electron chi connectivity index (χ0n) is 17.4. The Hall–Kier alpha value is -3.97. The lowest BCUT2D eigenvalue weighted by Crippen LogP contribution is -2.22. The van der Waals surface area contributed by atoms with Crippen LogP contribution in [0.3, 0.4) is 0 Å². The molecular weight excluding hydrogens is 428 g/mol. The average molecular weight is 447 g/mol. The molecular formula is C24H19ClN4O3. The van der Waals surface area contributed by atoms with Crippen LogP contribution in [0.25, 0.3) is 34.1 Å². The second-order valence-corrected chi connectivity index (χ2v) is 7.82. The fraction of sp³-hybridized carbons (Fsp3) is 0.0833. The zero-order chi connectivity index (χ0) is 22.8. The molecule has 4 aromatic rings. The molecule has 1 aromatic heterocycles. The van der Waals surface area contributed by atoms with Gasteiger partial charge < -0.3 is 4.90 Å². The molecule has 32 heavy (non-hydrogen) atoms. The Balaban J connectivity index is 2.03. The van der Waals surface area contributed by atoms with E-state index in [4.69, 9.17) is 16.6 Å². The quantitative estimate of drug-likeness (QED) is 0.313. The summed E-state index contributed by atoms with van der Waals surface area (Å²) in [5.41, 5.74) is 1.85. The number of para-hydroxylation sites is 1. The molecule has 0 saturated heterocycles. The summed E-state index contributed by atoms with van der Waals surface area (Å²) in [5.74, 6) is 0.380. The minimum Gasteiger partial charge on any atom is -0.383 e. The summed E-state index contributed by atoms with van der Waals surface area (Å²) in [5, 5.41) is 12.6. The zero-order valence-corrected chi connectivity index (χ0v) is 18.2. The van der Waals surface area contributed by atoms with Gasteiger partial charge in [-0.25, -0.2) is 4.98 Å². The first-order valence-electron chi connectivity index (χ1n) is 9.76. The summed E-state index contributed by atoms with van der Waals surface area (Å²) in [7, 11) is 3.66. The highest BCUT2D eigenvalue weighted by molar-refractivity contribution is 6.30. The van der Waals surface area contributed by atoms with Crippen molar-refractivity contribution >= 4 is 34.3 Å². The SMILES string of the molecule is CN(C)C=Cc1cc(-c2nc3ccccc3c(=O)n2-c2ccc(Cl)cc2)ccc1[N+](=O)[O-]. The van der Waals surface area contributed by atoms with Gasteiger partial charge >= 0.3 is 0 Å². The van der Waals surface area contributed by atoms with Gasteiger partial charge in [0, 0.05) is 30.7 Å². The molecule has 0 unspecified atom stereocenters. The molecule has 0 N–H and O–H groups in total. The molecule has 160 valence electrons. The van der Waals surface area contributed by atoms with Crippen molar-refractivity contribution in [3.05, 3.63) is 104 Å². The van der Waals surface area contributed by atoms with Crippen molar-refractivity contribution < 1.29 is 4.92 Å². The van der Waals surface area contributed by atoms with Gasteiger partial charge in [-0.3, -0.25) is 19.5 Å².